The number of alkyl carbamates (subject to hydrolysis) is 1. The highest BCUT2D eigenvalue weighted by Crippen LogP contribution is 2.57. The van der Waals surface area contributed by atoms with Gasteiger partial charge in [-0.3, -0.25) is 4.79 Å². The molecule has 1 spiro atoms. The van der Waals surface area contributed by atoms with Crippen molar-refractivity contribution in [2.45, 2.75) is 57.3 Å². The molecule has 2 unspecified atom stereocenters. The first-order valence-electron chi connectivity index (χ1n) is 16.5. The van der Waals surface area contributed by atoms with Gasteiger partial charge < -0.3 is 39.8 Å². The van der Waals surface area contributed by atoms with E-state index in [0.717, 1.165) is 6.07 Å². The molecule has 0 saturated heterocycles. The molecule has 2 heterocycles. The number of phenols is 1. The van der Waals surface area contributed by atoms with Crippen molar-refractivity contribution in [1.29, 1.82) is 0 Å². The van der Waals surface area contributed by atoms with E-state index < -0.39 is 81.5 Å². The number of esters is 1. The molecule has 2 atom stereocenters. The highest BCUT2D eigenvalue weighted by Gasteiger charge is 2.53. The van der Waals surface area contributed by atoms with Gasteiger partial charge in [0.05, 0.1) is 5.56 Å². The van der Waals surface area contributed by atoms with Gasteiger partial charge in [-0.2, -0.15) is 8.78 Å². The number of halogens is 4. The zero-order valence-corrected chi connectivity index (χ0v) is 28.9. The van der Waals surface area contributed by atoms with Gasteiger partial charge in [-0.1, -0.05) is 18.2 Å². The van der Waals surface area contributed by atoms with Crippen LogP contribution in [-0.4, -0.2) is 52.3 Å². The van der Waals surface area contributed by atoms with Crippen LogP contribution in [0.5, 0.6) is 28.7 Å². The third-order valence-corrected chi connectivity index (χ3v) is 8.53. The minimum atomic E-state index is -2.15. The highest BCUT2D eigenvalue weighted by atomic mass is 19.2. The maximum Gasteiger partial charge on any atom is 0.407 e. The molecule has 4 aromatic rings. The van der Waals surface area contributed by atoms with E-state index in [0.29, 0.717) is 11.1 Å². The van der Waals surface area contributed by atoms with Crippen LogP contribution in [0.1, 0.15) is 77.4 Å². The summed E-state index contributed by atoms with van der Waals surface area (Å²) in [6.45, 7) is 5.09. The molecule has 0 bridgehead atoms. The van der Waals surface area contributed by atoms with E-state index in [1.165, 1.54) is 30.3 Å². The molecule has 2 aliphatic heterocycles. The van der Waals surface area contributed by atoms with Gasteiger partial charge >= 0.3 is 18.0 Å². The van der Waals surface area contributed by atoms with Crippen molar-refractivity contribution in [3.8, 4) is 28.7 Å². The summed E-state index contributed by atoms with van der Waals surface area (Å²) in [5.74, 6) is -14.6. The average Bonchev–Trinajstić information content (AvgIpc) is 3.39. The van der Waals surface area contributed by atoms with Crippen LogP contribution in [0.2, 0.25) is 0 Å². The number of amides is 2. The molecule has 0 aromatic heterocycles. The Morgan fingerprint density at radius 3 is 2.19 bits per heavy atom. The van der Waals surface area contributed by atoms with E-state index in [9.17, 15) is 29.4 Å². The van der Waals surface area contributed by atoms with Crippen LogP contribution >= 0.6 is 0 Å². The highest BCUT2D eigenvalue weighted by molar-refractivity contribution is 5.98. The molecule has 4 N–H and O–H groups in total. The predicted molar refractivity (Wildman–Crippen MR) is 180 cm³/mol. The Bertz CT molecular complexity index is 2180. The molecular formula is C38H32F4N2O10. The lowest BCUT2D eigenvalue weighted by molar-refractivity contribution is -0.139. The molecule has 0 saturated carbocycles. The number of ether oxygens (including phenoxy) is 4. The molecule has 282 valence electrons. The number of benzene rings is 4. The van der Waals surface area contributed by atoms with Crippen LogP contribution < -0.4 is 20.1 Å². The number of unbranched alkanes of at least 4 members (excludes halogenated alkanes) is 1. The fourth-order valence-corrected chi connectivity index (χ4v) is 6.19. The fourth-order valence-electron chi connectivity index (χ4n) is 6.19. The lowest BCUT2D eigenvalue weighted by Crippen LogP contribution is -2.41. The number of carboxylic acids is 1. The second-order valence-corrected chi connectivity index (χ2v) is 13.4. The SMILES string of the molecule is CC(C)(C)OC(=O)NCCCCC(NC(=O)c1c(F)c(F)c(Oc2ccc3c(c2)Oc2cc(O)ccc2C32OC(=O)c3ccccc32)c(F)c1F)C(=O)O. The van der Waals surface area contributed by atoms with E-state index in [4.69, 9.17) is 18.9 Å². The van der Waals surface area contributed by atoms with Gasteiger partial charge in [-0.15, -0.1) is 0 Å². The van der Waals surface area contributed by atoms with Crippen LogP contribution in [0.25, 0.3) is 0 Å². The van der Waals surface area contributed by atoms with Crippen molar-refractivity contribution in [1.82, 2.24) is 10.6 Å². The Kier molecular flexibility index (Phi) is 9.88. The third kappa shape index (κ3) is 6.93. The molecule has 4 aromatic carbocycles. The number of hydrogen-bond donors (Lipinski definition) is 4. The van der Waals surface area contributed by atoms with Crippen molar-refractivity contribution in [2.24, 2.45) is 0 Å². The first-order valence-corrected chi connectivity index (χ1v) is 16.5. The van der Waals surface area contributed by atoms with E-state index in [-0.39, 0.29) is 54.2 Å². The largest absolute Gasteiger partial charge is 0.508 e. The summed E-state index contributed by atoms with van der Waals surface area (Å²) in [6, 6.07) is 12.6. The summed E-state index contributed by atoms with van der Waals surface area (Å²) in [7, 11) is 0. The summed E-state index contributed by atoms with van der Waals surface area (Å²) >= 11 is 0. The molecule has 0 fully saturated rings. The van der Waals surface area contributed by atoms with Gasteiger partial charge in [0.2, 0.25) is 17.4 Å². The number of aromatic hydroxyl groups is 1. The van der Waals surface area contributed by atoms with Crippen molar-refractivity contribution < 1.29 is 65.9 Å². The van der Waals surface area contributed by atoms with E-state index in [1.54, 1.807) is 45.0 Å². The quantitative estimate of drug-likeness (QED) is 0.0563. The monoisotopic (exact) mass is 752 g/mol. The van der Waals surface area contributed by atoms with Crippen molar-refractivity contribution in [3.63, 3.8) is 0 Å². The predicted octanol–water partition coefficient (Wildman–Crippen LogP) is 7.19. The first kappa shape index (κ1) is 37.4. The minimum absolute atomic E-state index is 0.0612. The molecular weight excluding hydrogens is 720 g/mol. The summed E-state index contributed by atoms with van der Waals surface area (Å²) in [4.78, 5) is 49.4. The van der Waals surface area contributed by atoms with Crippen LogP contribution in [0, 0.1) is 23.3 Å². The lowest BCUT2D eigenvalue weighted by atomic mass is 9.77. The molecule has 0 radical (unpaired) electrons. The van der Waals surface area contributed by atoms with Gasteiger partial charge in [0, 0.05) is 35.4 Å². The Hall–Kier alpha value is -6.32. The zero-order valence-electron chi connectivity index (χ0n) is 28.9. The summed E-state index contributed by atoms with van der Waals surface area (Å²) < 4.78 is 83.6. The van der Waals surface area contributed by atoms with Gasteiger partial charge in [0.25, 0.3) is 5.91 Å². The summed E-state index contributed by atoms with van der Waals surface area (Å²) in [5.41, 5.74) is -2.72. The van der Waals surface area contributed by atoms with Gasteiger partial charge in [-0.25, -0.2) is 23.2 Å². The van der Waals surface area contributed by atoms with E-state index >= 15 is 17.6 Å². The van der Waals surface area contributed by atoms with E-state index in [1.807, 2.05) is 5.32 Å². The second-order valence-electron chi connectivity index (χ2n) is 13.4. The number of nitrogens with one attached hydrogen (secondary N) is 2. The minimum Gasteiger partial charge on any atom is -0.508 e. The maximum atomic E-state index is 15.4. The summed E-state index contributed by atoms with van der Waals surface area (Å²) in [5, 5.41) is 24.1. The number of fused-ring (bicyclic) bond motifs is 6. The van der Waals surface area contributed by atoms with Crippen LogP contribution in [-0.2, 0) is 19.9 Å². The summed E-state index contributed by atoms with van der Waals surface area (Å²) in [6.07, 6.45) is -0.612. The number of phenolic OH excluding ortho intramolecular Hbond substituents is 1. The average molecular weight is 753 g/mol. The number of rotatable bonds is 10. The van der Waals surface area contributed by atoms with Crippen LogP contribution in [0.15, 0.2) is 60.7 Å². The number of carbonyl (C=O) groups excluding carboxylic acids is 3. The molecule has 2 aliphatic rings. The first-order chi connectivity index (χ1) is 25.5. The molecule has 0 aliphatic carbocycles. The smallest absolute Gasteiger partial charge is 0.407 e. The van der Waals surface area contributed by atoms with Crippen molar-refractivity contribution in [3.05, 3.63) is 112 Å². The number of carboxylic acid groups (broad SMARTS) is 1. The van der Waals surface area contributed by atoms with Crippen molar-refractivity contribution in [2.75, 3.05) is 6.54 Å². The van der Waals surface area contributed by atoms with Crippen LogP contribution in [0.3, 0.4) is 0 Å². The Labute approximate surface area is 304 Å². The molecule has 6 rings (SSSR count). The van der Waals surface area contributed by atoms with Crippen molar-refractivity contribution >= 4 is 23.9 Å². The third-order valence-electron chi connectivity index (χ3n) is 8.53. The van der Waals surface area contributed by atoms with Crippen LogP contribution in [0.4, 0.5) is 22.4 Å². The second kappa shape index (κ2) is 14.2. The normalized spacial score (nSPS) is 15.9. The topological polar surface area (TPSA) is 170 Å². The maximum absolute atomic E-state index is 15.4. The molecule has 54 heavy (non-hydrogen) atoms. The fraction of sp³-hybridized carbons (Fsp3) is 0.263. The number of aliphatic carboxylic acids is 1. The van der Waals surface area contributed by atoms with Gasteiger partial charge in [0.15, 0.2) is 17.2 Å². The Morgan fingerprint density at radius 2 is 1.52 bits per heavy atom. The number of carbonyl (C=O) groups is 4. The molecule has 16 heteroatoms. The number of hydrogen-bond acceptors (Lipinski definition) is 9. The molecule has 12 nitrogen and oxygen atoms in total. The lowest BCUT2D eigenvalue weighted by Gasteiger charge is -2.36. The van der Waals surface area contributed by atoms with Gasteiger partial charge in [0.1, 0.15) is 40.2 Å². The van der Waals surface area contributed by atoms with E-state index in [2.05, 4.69) is 5.32 Å². The Balaban J connectivity index is 1.22. The molecule has 2 amide bonds. The Morgan fingerprint density at radius 1 is 0.870 bits per heavy atom. The standard InChI is InChI=1S/C38H32F4N2O10/c1-37(2,3)54-36(50)43-15-7-6-10-24(34(47)48)44-33(46)27-28(39)30(41)32(31(42)29(27)40)51-19-12-14-23-26(17-19)52-25-16-18(45)11-13-22(25)38(23)21-9-5-4-8-20(21)35(49)53-38/h4-5,8-9,11-14,16-17,24,45H,6-7,10,15H2,1-3H3,(H,43,50)(H,44,46)(H,47,48). The van der Waals surface area contributed by atoms with Gasteiger partial charge in [-0.05, 0) is 70.4 Å². The zero-order chi connectivity index (χ0) is 39.1.